The lowest BCUT2D eigenvalue weighted by atomic mass is 10.2. The maximum atomic E-state index is 10.7. The average molecular weight is 292 g/mol. The Bertz CT molecular complexity index is 519. The molecule has 0 aliphatic heterocycles. The normalized spacial score (nSPS) is 10.4. The second-order valence-corrected chi connectivity index (χ2v) is 5.27. The van der Waals surface area contributed by atoms with E-state index in [1.165, 1.54) is 0 Å². The molecule has 0 atom stereocenters. The van der Waals surface area contributed by atoms with Crippen molar-refractivity contribution in [1.29, 1.82) is 0 Å². The quantitative estimate of drug-likeness (QED) is 0.752. The Morgan fingerprint density at radius 3 is 2.70 bits per heavy atom. The molecule has 2 aromatic rings. The Kier molecular flexibility index (Phi) is 5.55. The summed E-state index contributed by atoms with van der Waals surface area (Å²) in [5, 5.41) is 8.78. The van der Waals surface area contributed by atoms with Crippen molar-refractivity contribution in [1.82, 2.24) is 0 Å². The van der Waals surface area contributed by atoms with E-state index < -0.39 is 5.97 Å². The Balaban J connectivity index is 1.59. The largest absolute Gasteiger partial charge is 0.494 e. The summed E-state index contributed by atoms with van der Waals surface area (Å²) in [7, 11) is 0. The molecular formula is C15H16O4S. The van der Waals surface area contributed by atoms with Crippen LogP contribution in [0.2, 0.25) is 0 Å². The Hall–Kier alpha value is -1.88. The summed E-state index contributed by atoms with van der Waals surface area (Å²) in [5.41, 5.74) is 0.270. The van der Waals surface area contributed by atoms with E-state index in [1.54, 1.807) is 42.3 Å². The van der Waals surface area contributed by atoms with Gasteiger partial charge in [-0.1, -0.05) is 0 Å². The summed E-state index contributed by atoms with van der Waals surface area (Å²) in [6, 6.07) is 10.3. The summed E-state index contributed by atoms with van der Waals surface area (Å²) >= 11 is 1.80. The number of hydrogen-bond acceptors (Lipinski definition) is 4. The number of aromatic carboxylic acids is 1. The first kappa shape index (κ1) is 14.5. The molecular weight excluding hydrogens is 276 g/mol. The number of hydrogen-bond donors (Lipinski definition) is 1. The lowest BCUT2D eigenvalue weighted by Gasteiger charge is -2.06. The van der Waals surface area contributed by atoms with Gasteiger partial charge in [0.2, 0.25) is 0 Å². The van der Waals surface area contributed by atoms with Gasteiger partial charge in [0.05, 0.1) is 24.2 Å². The molecule has 2 rings (SSSR count). The van der Waals surface area contributed by atoms with Gasteiger partial charge in [0.25, 0.3) is 0 Å². The monoisotopic (exact) mass is 292 g/mol. The number of ether oxygens (including phenoxy) is 1. The van der Waals surface area contributed by atoms with Crippen LogP contribution in [-0.4, -0.2) is 23.4 Å². The lowest BCUT2D eigenvalue weighted by molar-refractivity contribution is 0.0697. The minimum atomic E-state index is -0.925. The number of thioether (sulfide) groups is 1. The molecule has 0 aliphatic carbocycles. The summed E-state index contributed by atoms with van der Waals surface area (Å²) in [6.07, 6.45) is 2.62. The van der Waals surface area contributed by atoms with E-state index in [0.717, 1.165) is 23.7 Å². The van der Waals surface area contributed by atoms with Crippen molar-refractivity contribution in [3.63, 3.8) is 0 Å². The van der Waals surface area contributed by atoms with Crippen molar-refractivity contribution < 1.29 is 19.1 Å². The fraction of sp³-hybridized carbons (Fsp3) is 0.267. The number of rotatable bonds is 8. The fourth-order valence-electron chi connectivity index (χ4n) is 1.61. The second-order valence-electron chi connectivity index (χ2n) is 4.16. The zero-order valence-electron chi connectivity index (χ0n) is 11.0. The SMILES string of the molecule is O=C(O)c1ccc(OCCCSCc2ccco2)cc1. The number of carboxylic acid groups (broad SMARTS) is 1. The zero-order valence-corrected chi connectivity index (χ0v) is 11.8. The maximum absolute atomic E-state index is 10.7. The molecule has 106 valence electrons. The van der Waals surface area contributed by atoms with Crippen LogP contribution < -0.4 is 4.74 Å². The van der Waals surface area contributed by atoms with E-state index in [9.17, 15) is 4.79 Å². The summed E-state index contributed by atoms with van der Waals surface area (Å²) < 4.78 is 10.8. The molecule has 1 N–H and O–H groups in total. The molecule has 20 heavy (non-hydrogen) atoms. The zero-order chi connectivity index (χ0) is 14.2. The van der Waals surface area contributed by atoms with Crippen LogP contribution in [-0.2, 0) is 5.75 Å². The summed E-state index contributed by atoms with van der Waals surface area (Å²) in [4.78, 5) is 10.7. The summed E-state index contributed by atoms with van der Waals surface area (Å²) in [6.45, 7) is 0.623. The van der Waals surface area contributed by atoms with Crippen LogP contribution in [0, 0.1) is 0 Å². The van der Waals surface area contributed by atoms with Crippen LogP contribution >= 0.6 is 11.8 Å². The lowest BCUT2D eigenvalue weighted by Crippen LogP contribution is -2.00. The standard InChI is InChI=1S/C15H16O4S/c16-15(17)12-4-6-13(7-5-12)18-9-2-10-20-11-14-3-1-8-19-14/h1,3-8H,2,9-11H2,(H,16,17). The van der Waals surface area contributed by atoms with Gasteiger partial charge in [0.1, 0.15) is 11.5 Å². The van der Waals surface area contributed by atoms with Gasteiger partial charge in [-0.3, -0.25) is 0 Å². The van der Waals surface area contributed by atoms with E-state index in [1.807, 2.05) is 12.1 Å². The van der Waals surface area contributed by atoms with Gasteiger partial charge in [-0.25, -0.2) is 4.79 Å². The summed E-state index contributed by atoms with van der Waals surface area (Å²) in [5.74, 6) is 2.63. The number of furan rings is 1. The van der Waals surface area contributed by atoms with Crippen LogP contribution in [0.15, 0.2) is 47.1 Å². The second kappa shape index (κ2) is 7.65. The van der Waals surface area contributed by atoms with Crippen molar-refractivity contribution in [2.45, 2.75) is 12.2 Å². The number of carboxylic acids is 1. The van der Waals surface area contributed by atoms with Crippen molar-refractivity contribution in [2.75, 3.05) is 12.4 Å². The minimum Gasteiger partial charge on any atom is -0.494 e. The average Bonchev–Trinajstić information content (AvgIpc) is 2.96. The van der Waals surface area contributed by atoms with Gasteiger partial charge in [-0.05, 0) is 48.6 Å². The Labute approximate surface area is 121 Å². The molecule has 5 heteroatoms. The van der Waals surface area contributed by atoms with Crippen LogP contribution in [0.25, 0.3) is 0 Å². The third-order valence-corrected chi connectivity index (χ3v) is 3.69. The number of carbonyl (C=O) groups is 1. The Morgan fingerprint density at radius 2 is 2.05 bits per heavy atom. The van der Waals surface area contributed by atoms with E-state index in [4.69, 9.17) is 14.3 Å². The highest BCUT2D eigenvalue weighted by molar-refractivity contribution is 7.98. The smallest absolute Gasteiger partial charge is 0.335 e. The van der Waals surface area contributed by atoms with Crippen LogP contribution in [0.3, 0.4) is 0 Å². The molecule has 0 bridgehead atoms. The van der Waals surface area contributed by atoms with E-state index in [2.05, 4.69) is 0 Å². The molecule has 0 aliphatic rings. The third kappa shape index (κ3) is 4.66. The van der Waals surface area contributed by atoms with Crippen LogP contribution in [0.5, 0.6) is 5.75 Å². The maximum Gasteiger partial charge on any atom is 0.335 e. The molecule has 1 heterocycles. The predicted molar refractivity (Wildman–Crippen MR) is 78.4 cm³/mol. The molecule has 1 aromatic carbocycles. The molecule has 0 unspecified atom stereocenters. The molecule has 0 saturated carbocycles. The van der Waals surface area contributed by atoms with Crippen LogP contribution in [0.4, 0.5) is 0 Å². The van der Waals surface area contributed by atoms with Crippen molar-refractivity contribution >= 4 is 17.7 Å². The van der Waals surface area contributed by atoms with E-state index in [0.29, 0.717) is 12.4 Å². The van der Waals surface area contributed by atoms with Gasteiger partial charge in [-0.2, -0.15) is 11.8 Å². The highest BCUT2D eigenvalue weighted by atomic mass is 32.2. The molecule has 1 aromatic heterocycles. The Morgan fingerprint density at radius 1 is 1.25 bits per heavy atom. The first-order chi connectivity index (χ1) is 9.75. The van der Waals surface area contributed by atoms with Gasteiger partial charge in [-0.15, -0.1) is 0 Å². The number of benzene rings is 1. The first-order valence-corrected chi connectivity index (χ1v) is 7.47. The van der Waals surface area contributed by atoms with Gasteiger partial charge < -0.3 is 14.3 Å². The minimum absolute atomic E-state index is 0.270. The molecule has 0 spiro atoms. The first-order valence-electron chi connectivity index (χ1n) is 6.32. The molecule has 4 nitrogen and oxygen atoms in total. The topological polar surface area (TPSA) is 59.7 Å². The van der Waals surface area contributed by atoms with Gasteiger partial charge in [0, 0.05) is 0 Å². The predicted octanol–water partition coefficient (Wildman–Crippen LogP) is 3.68. The highest BCUT2D eigenvalue weighted by Crippen LogP contribution is 2.15. The van der Waals surface area contributed by atoms with Crippen molar-refractivity contribution in [3.8, 4) is 5.75 Å². The molecule has 0 amide bonds. The molecule has 0 radical (unpaired) electrons. The molecule has 0 saturated heterocycles. The molecule has 0 fully saturated rings. The van der Waals surface area contributed by atoms with Crippen molar-refractivity contribution in [2.24, 2.45) is 0 Å². The van der Waals surface area contributed by atoms with Gasteiger partial charge in [0.15, 0.2) is 0 Å². The van der Waals surface area contributed by atoms with E-state index >= 15 is 0 Å². The van der Waals surface area contributed by atoms with Crippen molar-refractivity contribution in [3.05, 3.63) is 54.0 Å². The fourth-order valence-corrected chi connectivity index (χ4v) is 2.44. The van der Waals surface area contributed by atoms with Crippen LogP contribution in [0.1, 0.15) is 22.5 Å². The third-order valence-electron chi connectivity index (χ3n) is 2.63. The highest BCUT2D eigenvalue weighted by Gasteiger charge is 2.02. The van der Waals surface area contributed by atoms with Gasteiger partial charge >= 0.3 is 5.97 Å². The van der Waals surface area contributed by atoms with E-state index in [-0.39, 0.29) is 5.56 Å².